The summed E-state index contributed by atoms with van der Waals surface area (Å²) in [4.78, 5) is 0. The van der Waals surface area contributed by atoms with Crippen LogP contribution in [0.25, 0.3) is 0 Å². The largest absolute Gasteiger partial charge is 0.469 e. The van der Waals surface area contributed by atoms with E-state index in [-0.39, 0.29) is 6.61 Å². The van der Waals surface area contributed by atoms with Gasteiger partial charge in [-0.25, -0.2) is 0 Å². The molecule has 4 aromatic rings. The van der Waals surface area contributed by atoms with Crippen molar-refractivity contribution in [2.75, 3.05) is 27.9 Å². The van der Waals surface area contributed by atoms with Gasteiger partial charge in [0.2, 0.25) is 4.38 Å². The third-order valence-corrected chi connectivity index (χ3v) is 9.06. The summed E-state index contributed by atoms with van der Waals surface area (Å²) in [7, 11) is 4.82. The second-order valence-electron chi connectivity index (χ2n) is 10.4. The fourth-order valence-corrected chi connectivity index (χ4v) is 6.64. The van der Waals surface area contributed by atoms with E-state index in [1.807, 2.05) is 72.8 Å². The summed E-state index contributed by atoms with van der Waals surface area (Å²) in [5.74, 6) is 0.680. The molecule has 0 N–H and O–H groups in total. The molecule has 0 spiro atoms. The van der Waals surface area contributed by atoms with E-state index in [1.54, 1.807) is 21.3 Å². The van der Waals surface area contributed by atoms with Gasteiger partial charge in [-0.2, -0.15) is 0 Å². The molecule has 1 aliphatic heterocycles. The number of thiocarbonyl (C=S) groups is 1. The summed E-state index contributed by atoms with van der Waals surface area (Å²) < 4.78 is 38.0. The van der Waals surface area contributed by atoms with Crippen LogP contribution < -0.4 is 0 Å². The second-order valence-corrected chi connectivity index (χ2v) is 12.0. The van der Waals surface area contributed by atoms with Gasteiger partial charge in [0.1, 0.15) is 23.9 Å². The lowest BCUT2D eigenvalue weighted by Gasteiger charge is -2.45. The highest BCUT2D eigenvalue weighted by Gasteiger charge is 2.50. The van der Waals surface area contributed by atoms with Crippen molar-refractivity contribution in [2.24, 2.45) is 0 Å². The van der Waals surface area contributed by atoms with Crippen LogP contribution in [-0.4, -0.2) is 63.0 Å². The lowest BCUT2D eigenvalue weighted by molar-refractivity contribution is -0.304. The minimum atomic E-state index is -0.941. The highest BCUT2D eigenvalue weighted by molar-refractivity contribution is 8.22. The topological polar surface area (TPSA) is 55.4 Å². The predicted molar refractivity (Wildman–Crippen MR) is 178 cm³/mol. The highest BCUT2D eigenvalue weighted by Crippen LogP contribution is 2.41. The number of benzene rings is 4. The van der Waals surface area contributed by atoms with Gasteiger partial charge in [-0.15, -0.1) is 0 Å². The van der Waals surface area contributed by atoms with Crippen molar-refractivity contribution in [1.82, 2.24) is 0 Å². The minimum absolute atomic E-state index is 0.144. The number of methoxy groups -OCH3 is 3. The summed E-state index contributed by atoms with van der Waals surface area (Å²) in [6.45, 7) is 0.144. The third kappa shape index (κ3) is 7.24. The first-order chi connectivity index (χ1) is 21.6. The summed E-state index contributed by atoms with van der Waals surface area (Å²) in [6, 6.07) is 40.8. The summed E-state index contributed by atoms with van der Waals surface area (Å²) in [6.07, 6.45) is -3.03. The number of rotatable bonds is 12. The molecule has 5 atom stereocenters. The van der Waals surface area contributed by atoms with Crippen LogP contribution in [0.15, 0.2) is 121 Å². The maximum atomic E-state index is 7.12. The zero-order chi connectivity index (χ0) is 30.8. The molecule has 8 heteroatoms. The second kappa shape index (κ2) is 15.8. The Kier molecular flexibility index (Phi) is 11.6. The van der Waals surface area contributed by atoms with Crippen LogP contribution in [0.5, 0.6) is 0 Å². The molecule has 1 saturated heterocycles. The molecule has 1 fully saturated rings. The molecule has 0 aromatic heterocycles. The van der Waals surface area contributed by atoms with E-state index in [4.69, 9.17) is 40.6 Å². The lowest BCUT2D eigenvalue weighted by atomic mass is 9.80. The first-order valence-corrected chi connectivity index (χ1v) is 15.9. The Labute approximate surface area is 269 Å². The summed E-state index contributed by atoms with van der Waals surface area (Å²) in [5.41, 5.74) is 3.17. The van der Waals surface area contributed by atoms with Gasteiger partial charge in [-0.05, 0) is 34.5 Å². The average molecular weight is 631 g/mol. The van der Waals surface area contributed by atoms with Crippen LogP contribution in [0.4, 0.5) is 0 Å². The Hall–Kier alpha value is -3.08. The number of thioether (sulfide) groups is 1. The van der Waals surface area contributed by atoms with Crippen LogP contribution in [0.2, 0.25) is 0 Å². The zero-order valence-electron chi connectivity index (χ0n) is 25.1. The van der Waals surface area contributed by atoms with Gasteiger partial charge in [-0.3, -0.25) is 0 Å². The zero-order valence-corrected chi connectivity index (χ0v) is 26.7. The molecule has 0 amide bonds. The van der Waals surface area contributed by atoms with E-state index in [0.717, 1.165) is 22.3 Å². The molecular weight excluding hydrogens is 593 g/mol. The van der Waals surface area contributed by atoms with Crippen molar-refractivity contribution in [3.8, 4) is 0 Å². The van der Waals surface area contributed by atoms with Gasteiger partial charge in [-0.1, -0.05) is 133 Å². The van der Waals surface area contributed by atoms with Crippen LogP contribution in [0.3, 0.4) is 0 Å². The Morgan fingerprint density at radius 3 is 1.59 bits per heavy atom. The predicted octanol–water partition coefficient (Wildman–Crippen LogP) is 7.00. The standard InChI is InChI=1S/C36H38O6S2/c1-37-32-31(42-35(43)44-25-26-16-8-4-9-17-26)30(41-34(39-3)33(32)38-2)24-40-36(27-18-10-5-11-19-27,28-20-12-6-13-21-28)29-22-14-7-15-23-29/h4-23,30-34H,24-25H2,1-3H3. The van der Waals surface area contributed by atoms with Crippen molar-refractivity contribution in [1.29, 1.82) is 0 Å². The maximum absolute atomic E-state index is 7.12. The molecule has 4 aromatic carbocycles. The van der Waals surface area contributed by atoms with E-state index in [9.17, 15) is 0 Å². The quantitative estimate of drug-likeness (QED) is 0.123. The van der Waals surface area contributed by atoms with Gasteiger partial charge >= 0.3 is 0 Å². The van der Waals surface area contributed by atoms with Gasteiger partial charge in [0.25, 0.3) is 0 Å². The van der Waals surface area contributed by atoms with Crippen molar-refractivity contribution >= 4 is 28.4 Å². The number of ether oxygens (including phenoxy) is 6. The SMILES string of the molecule is COC1OC(COC(c2ccccc2)(c2ccccc2)c2ccccc2)C(OC(=S)SCc2ccccc2)C(OC)C1OC. The van der Waals surface area contributed by atoms with Crippen LogP contribution in [0.1, 0.15) is 22.3 Å². The van der Waals surface area contributed by atoms with Gasteiger partial charge in [0.15, 0.2) is 12.4 Å². The molecule has 0 aliphatic carbocycles. The highest BCUT2D eigenvalue weighted by atomic mass is 32.2. The number of hydrogen-bond donors (Lipinski definition) is 0. The van der Waals surface area contributed by atoms with Crippen molar-refractivity contribution in [2.45, 2.75) is 42.1 Å². The summed E-state index contributed by atoms with van der Waals surface area (Å²) in [5, 5.41) is 0. The Bertz CT molecular complexity index is 1330. The fourth-order valence-electron chi connectivity index (χ4n) is 5.70. The van der Waals surface area contributed by atoms with Crippen molar-refractivity contribution in [3.05, 3.63) is 144 Å². The molecule has 5 unspecified atom stereocenters. The Morgan fingerprint density at radius 2 is 1.14 bits per heavy atom. The molecule has 230 valence electrons. The molecule has 0 saturated carbocycles. The number of hydrogen-bond acceptors (Lipinski definition) is 8. The van der Waals surface area contributed by atoms with E-state index in [0.29, 0.717) is 10.1 Å². The average Bonchev–Trinajstić information content (AvgIpc) is 3.09. The lowest BCUT2D eigenvalue weighted by Crippen LogP contribution is -2.61. The molecule has 1 heterocycles. The van der Waals surface area contributed by atoms with Crippen LogP contribution in [-0.2, 0) is 39.8 Å². The molecule has 0 radical (unpaired) electrons. The molecule has 44 heavy (non-hydrogen) atoms. The van der Waals surface area contributed by atoms with Crippen molar-refractivity contribution in [3.63, 3.8) is 0 Å². The maximum Gasteiger partial charge on any atom is 0.220 e. The van der Waals surface area contributed by atoms with Crippen LogP contribution in [0, 0.1) is 0 Å². The Balaban J connectivity index is 1.49. The fraction of sp³-hybridized carbons (Fsp3) is 0.306. The van der Waals surface area contributed by atoms with E-state index in [2.05, 4.69) is 48.5 Å². The molecule has 5 rings (SSSR count). The first-order valence-electron chi connectivity index (χ1n) is 14.5. The van der Waals surface area contributed by atoms with Gasteiger partial charge in [0.05, 0.1) is 6.61 Å². The van der Waals surface area contributed by atoms with E-state index < -0.39 is 36.3 Å². The van der Waals surface area contributed by atoms with Gasteiger partial charge < -0.3 is 28.4 Å². The molecule has 1 aliphatic rings. The molecule has 6 nitrogen and oxygen atoms in total. The van der Waals surface area contributed by atoms with E-state index in [1.165, 1.54) is 11.8 Å². The summed E-state index contributed by atoms with van der Waals surface area (Å²) >= 11 is 7.18. The van der Waals surface area contributed by atoms with Crippen LogP contribution >= 0.6 is 24.0 Å². The molecule has 0 bridgehead atoms. The monoisotopic (exact) mass is 630 g/mol. The molecular formula is C36H38O6S2. The van der Waals surface area contributed by atoms with E-state index >= 15 is 0 Å². The normalized spacial score (nSPS) is 21.9. The van der Waals surface area contributed by atoms with Gasteiger partial charge in [0, 0.05) is 27.1 Å². The third-order valence-electron chi connectivity index (χ3n) is 7.80. The first kappa shape index (κ1) is 32.3. The smallest absolute Gasteiger partial charge is 0.220 e. The minimum Gasteiger partial charge on any atom is -0.469 e. The Morgan fingerprint density at radius 1 is 0.659 bits per heavy atom. The van der Waals surface area contributed by atoms with Crippen molar-refractivity contribution < 1.29 is 28.4 Å².